The van der Waals surface area contributed by atoms with Crippen LogP contribution in [0.2, 0.25) is 0 Å². The summed E-state index contributed by atoms with van der Waals surface area (Å²) >= 11 is 1.44. The zero-order chi connectivity index (χ0) is 22.3. The van der Waals surface area contributed by atoms with Gasteiger partial charge in [0.05, 0.1) is 11.9 Å². The van der Waals surface area contributed by atoms with Crippen LogP contribution < -0.4 is 5.32 Å². The molecule has 0 aromatic carbocycles. The van der Waals surface area contributed by atoms with E-state index in [1.807, 2.05) is 18.5 Å². The average molecular weight is 449 g/mol. The minimum atomic E-state index is -1.55. The predicted molar refractivity (Wildman–Crippen MR) is 119 cm³/mol. The van der Waals surface area contributed by atoms with Crippen molar-refractivity contribution >= 4 is 29.0 Å². The first-order valence-corrected chi connectivity index (χ1v) is 10.8. The van der Waals surface area contributed by atoms with Crippen LogP contribution in [0, 0.1) is 0 Å². The van der Waals surface area contributed by atoms with E-state index in [0.29, 0.717) is 35.9 Å². The first kappa shape index (κ1) is 20.2. The van der Waals surface area contributed by atoms with Crippen LogP contribution in [0.15, 0.2) is 48.4 Å². The Kier molecular flexibility index (Phi) is 4.91. The molecule has 32 heavy (non-hydrogen) atoms. The molecule has 11 heteroatoms. The second-order valence-corrected chi connectivity index (χ2v) is 8.43. The summed E-state index contributed by atoms with van der Waals surface area (Å²) in [6.45, 7) is 0.503. The van der Waals surface area contributed by atoms with Gasteiger partial charge >= 0.3 is 0 Å². The summed E-state index contributed by atoms with van der Waals surface area (Å²) in [6, 6.07) is 5.40. The summed E-state index contributed by atoms with van der Waals surface area (Å²) in [4.78, 5) is 31.7. The van der Waals surface area contributed by atoms with Crippen molar-refractivity contribution in [2.45, 2.75) is 12.0 Å². The van der Waals surface area contributed by atoms with E-state index in [-0.39, 0.29) is 5.91 Å². The maximum Gasteiger partial charge on any atom is 0.259 e. The maximum atomic E-state index is 12.4. The van der Waals surface area contributed by atoms with Gasteiger partial charge < -0.3 is 15.3 Å². The second-order valence-electron chi connectivity index (χ2n) is 7.57. The largest absolute Gasteiger partial charge is 0.375 e. The number of hydrogen-bond donors (Lipinski definition) is 2. The molecule has 0 bridgehead atoms. The van der Waals surface area contributed by atoms with Crippen molar-refractivity contribution in [1.29, 1.82) is 0 Å². The summed E-state index contributed by atoms with van der Waals surface area (Å²) in [5.41, 5.74) is 1.03. The number of nitrogens with one attached hydrogen (secondary N) is 1. The molecule has 0 spiro atoms. The van der Waals surface area contributed by atoms with Crippen molar-refractivity contribution < 1.29 is 9.90 Å². The number of aromatic nitrogens is 6. The first-order chi connectivity index (χ1) is 15.4. The Morgan fingerprint density at radius 2 is 2.03 bits per heavy atom. The Hall–Kier alpha value is -3.70. The molecule has 4 aromatic heterocycles. The highest BCUT2D eigenvalue weighted by atomic mass is 32.1. The number of thiazole rings is 1. The Morgan fingerprint density at radius 3 is 2.78 bits per heavy atom. The highest BCUT2D eigenvalue weighted by Crippen LogP contribution is 2.35. The molecule has 1 amide bonds. The normalized spacial score (nSPS) is 18.3. The maximum absolute atomic E-state index is 12.4. The molecular formula is C21H20N8O2S. The Bertz CT molecular complexity index is 1300. The van der Waals surface area contributed by atoms with Gasteiger partial charge in [-0.15, -0.1) is 11.3 Å². The summed E-state index contributed by atoms with van der Waals surface area (Å²) in [5, 5.41) is 20.8. The predicted octanol–water partition coefficient (Wildman–Crippen LogP) is 2.19. The SMILES string of the molecule is CN1CC[C@@](O)(c2cncc(-c3csc(-c4ccnc(Nc5ccnn5C)n4)n3)c2)C1=O. The Balaban J connectivity index is 1.42. The lowest BCUT2D eigenvalue weighted by Crippen LogP contribution is -2.36. The van der Waals surface area contributed by atoms with Gasteiger partial charge in [0.15, 0.2) is 5.60 Å². The van der Waals surface area contributed by atoms with Crippen molar-refractivity contribution in [1.82, 2.24) is 34.6 Å². The average Bonchev–Trinajstić information content (AvgIpc) is 3.52. The molecule has 10 nitrogen and oxygen atoms in total. The molecule has 1 atom stereocenters. The molecule has 1 fully saturated rings. The molecule has 1 aliphatic heterocycles. The molecule has 0 unspecified atom stereocenters. The van der Waals surface area contributed by atoms with Gasteiger partial charge in [-0.1, -0.05) is 0 Å². The number of aliphatic hydroxyl groups is 1. The van der Waals surface area contributed by atoms with E-state index in [1.54, 1.807) is 42.5 Å². The minimum absolute atomic E-state index is 0.315. The van der Waals surface area contributed by atoms with Crippen LogP contribution in [-0.4, -0.2) is 59.2 Å². The molecule has 5 rings (SSSR count). The van der Waals surface area contributed by atoms with Crippen LogP contribution in [0.3, 0.4) is 0 Å². The number of likely N-dealkylation sites (N-methyl/N-ethyl adjacent to an activating group) is 1. The number of hydrogen-bond acceptors (Lipinski definition) is 9. The standard InChI is InChI=1S/C21H20N8O2S/c1-28-8-5-21(31,19(28)30)14-9-13(10-22-11-14)16-12-32-18(25-16)15-3-6-23-20(26-15)27-17-4-7-24-29(17)2/h3-4,6-7,9-12,31H,5,8H2,1-2H3,(H,23,26,27)/t21-/m1/s1. The first-order valence-electron chi connectivity index (χ1n) is 9.92. The summed E-state index contributed by atoms with van der Waals surface area (Å²) < 4.78 is 1.69. The number of amides is 1. The van der Waals surface area contributed by atoms with E-state index in [1.165, 1.54) is 22.4 Å². The van der Waals surface area contributed by atoms with Crippen molar-refractivity contribution in [3.8, 4) is 22.0 Å². The van der Waals surface area contributed by atoms with E-state index < -0.39 is 5.60 Å². The van der Waals surface area contributed by atoms with Gasteiger partial charge in [0.25, 0.3) is 5.91 Å². The third-order valence-electron chi connectivity index (χ3n) is 5.46. The van der Waals surface area contributed by atoms with Crippen LogP contribution >= 0.6 is 11.3 Å². The van der Waals surface area contributed by atoms with Gasteiger partial charge in [-0.25, -0.2) is 15.0 Å². The van der Waals surface area contributed by atoms with Crippen LogP contribution in [0.5, 0.6) is 0 Å². The highest BCUT2D eigenvalue weighted by molar-refractivity contribution is 7.13. The number of rotatable bonds is 5. The molecule has 0 aliphatic carbocycles. The lowest BCUT2D eigenvalue weighted by Gasteiger charge is -2.21. The topological polar surface area (TPSA) is 122 Å². The zero-order valence-electron chi connectivity index (χ0n) is 17.4. The number of carbonyl (C=O) groups is 1. The molecule has 4 aromatic rings. The van der Waals surface area contributed by atoms with Crippen molar-refractivity contribution in [2.24, 2.45) is 7.05 Å². The summed E-state index contributed by atoms with van der Waals surface area (Å²) in [7, 11) is 3.51. The molecule has 1 aliphatic rings. The van der Waals surface area contributed by atoms with E-state index in [2.05, 4.69) is 25.4 Å². The third kappa shape index (κ3) is 3.51. The summed E-state index contributed by atoms with van der Waals surface area (Å²) in [5.74, 6) is 0.900. The molecule has 2 N–H and O–H groups in total. The minimum Gasteiger partial charge on any atom is -0.375 e. The smallest absolute Gasteiger partial charge is 0.259 e. The number of anilines is 2. The molecule has 0 saturated carbocycles. The lowest BCUT2D eigenvalue weighted by atomic mass is 9.92. The van der Waals surface area contributed by atoms with Crippen molar-refractivity contribution in [3.05, 3.63) is 53.9 Å². The zero-order valence-corrected chi connectivity index (χ0v) is 18.2. The second kappa shape index (κ2) is 7.77. The van der Waals surface area contributed by atoms with E-state index in [4.69, 9.17) is 4.98 Å². The highest BCUT2D eigenvalue weighted by Gasteiger charge is 2.45. The van der Waals surface area contributed by atoms with E-state index in [9.17, 15) is 9.90 Å². The van der Waals surface area contributed by atoms with Gasteiger partial charge in [0, 0.05) is 68.2 Å². The molecule has 5 heterocycles. The van der Waals surface area contributed by atoms with Crippen LogP contribution in [0.25, 0.3) is 22.0 Å². The summed E-state index contributed by atoms with van der Waals surface area (Å²) in [6.07, 6.45) is 6.90. The van der Waals surface area contributed by atoms with Crippen LogP contribution in [-0.2, 0) is 17.4 Å². The molecule has 1 saturated heterocycles. The molecular weight excluding hydrogens is 428 g/mol. The van der Waals surface area contributed by atoms with Gasteiger partial charge in [0.2, 0.25) is 5.95 Å². The quantitative estimate of drug-likeness (QED) is 0.476. The number of aryl methyl sites for hydroxylation is 1. The Labute approximate surface area is 187 Å². The number of pyridine rings is 1. The van der Waals surface area contributed by atoms with Crippen LogP contribution in [0.4, 0.5) is 11.8 Å². The number of likely N-dealkylation sites (tertiary alicyclic amines) is 1. The number of carbonyl (C=O) groups excluding carboxylic acids is 1. The van der Waals surface area contributed by atoms with Gasteiger partial charge in [0.1, 0.15) is 16.5 Å². The van der Waals surface area contributed by atoms with Gasteiger partial charge in [-0.3, -0.25) is 14.5 Å². The fraction of sp³-hybridized carbons (Fsp3) is 0.238. The van der Waals surface area contributed by atoms with Gasteiger partial charge in [-0.05, 0) is 12.1 Å². The molecule has 0 radical (unpaired) electrons. The van der Waals surface area contributed by atoms with Crippen molar-refractivity contribution in [2.75, 3.05) is 18.9 Å². The van der Waals surface area contributed by atoms with Crippen molar-refractivity contribution in [3.63, 3.8) is 0 Å². The van der Waals surface area contributed by atoms with Crippen LogP contribution in [0.1, 0.15) is 12.0 Å². The number of nitrogens with zero attached hydrogens (tertiary/aromatic N) is 7. The fourth-order valence-corrected chi connectivity index (χ4v) is 4.40. The Morgan fingerprint density at radius 1 is 1.16 bits per heavy atom. The van der Waals surface area contributed by atoms with Gasteiger partial charge in [-0.2, -0.15) is 5.10 Å². The fourth-order valence-electron chi connectivity index (χ4n) is 3.60. The monoisotopic (exact) mass is 448 g/mol. The third-order valence-corrected chi connectivity index (χ3v) is 6.33. The lowest BCUT2D eigenvalue weighted by molar-refractivity contribution is -0.143. The van der Waals surface area contributed by atoms with E-state index in [0.717, 1.165) is 16.4 Å². The molecule has 162 valence electrons. The van der Waals surface area contributed by atoms with E-state index >= 15 is 0 Å².